The fourth-order valence-electron chi connectivity index (χ4n) is 2.13. The Balaban J connectivity index is 2.12. The van der Waals surface area contributed by atoms with Gasteiger partial charge in [-0.2, -0.15) is 4.68 Å². The van der Waals surface area contributed by atoms with Gasteiger partial charge in [-0.3, -0.25) is 0 Å². The number of nitro groups is 1. The smallest absolute Gasteiger partial charge is 0.358 e. The largest absolute Gasteiger partial charge is 0.393 e. The highest BCUT2D eigenvalue weighted by atomic mass is 19.3. The van der Waals surface area contributed by atoms with Gasteiger partial charge < -0.3 is 10.1 Å². The van der Waals surface area contributed by atoms with Gasteiger partial charge >= 0.3 is 5.82 Å². The minimum absolute atomic E-state index is 0.136. The van der Waals surface area contributed by atoms with Crippen molar-refractivity contribution in [2.24, 2.45) is 5.92 Å². The van der Waals surface area contributed by atoms with E-state index in [4.69, 9.17) is 0 Å². The Morgan fingerprint density at radius 3 is 2.53 bits per heavy atom. The highest BCUT2D eigenvalue weighted by molar-refractivity contribution is 5.34. The molecule has 7 heteroatoms. The predicted molar refractivity (Wildman–Crippen MR) is 56.0 cm³/mol. The van der Waals surface area contributed by atoms with E-state index in [1.54, 1.807) is 13.8 Å². The lowest BCUT2D eigenvalue weighted by Crippen LogP contribution is -2.38. The molecule has 1 aliphatic carbocycles. The van der Waals surface area contributed by atoms with Crippen LogP contribution in [-0.4, -0.2) is 20.6 Å². The molecular weight excluding hydrogens is 232 g/mol. The predicted octanol–water partition coefficient (Wildman–Crippen LogP) is 2.45. The summed E-state index contributed by atoms with van der Waals surface area (Å²) in [6.07, 6.45) is -0.307. The van der Waals surface area contributed by atoms with E-state index in [1.807, 2.05) is 0 Å². The van der Waals surface area contributed by atoms with Crippen molar-refractivity contribution in [3.8, 4) is 0 Å². The lowest BCUT2D eigenvalue weighted by atomic mass is 9.81. The first kappa shape index (κ1) is 11.9. The van der Waals surface area contributed by atoms with Gasteiger partial charge in [-0.1, -0.05) is 0 Å². The number of nitrogens with zero attached hydrogens (tertiary/aromatic N) is 3. The molecule has 0 atom stereocenters. The zero-order valence-electron chi connectivity index (χ0n) is 9.61. The molecule has 0 amide bonds. The van der Waals surface area contributed by atoms with Crippen LogP contribution in [-0.2, 0) is 6.54 Å². The Labute approximate surface area is 96.6 Å². The fourth-order valence-corrected chi connectivity index (χ4v) is 2.13. The third-order valence-corrected chi connectivity index (χ3v) is 3.26. The molecule has 17 heavy (non-hydrogen) atoms. The summed E-state index contributed by atoms with van der Waals surface area (Å²) in [4.78, 5) is 10.1. The maximum Gasteiger partial charge on any atom is 0.393 e. The van der Waals surface area contributed by atoms with Crippen molar-refractivity contribution in [3.05, 3.63) is 21.4 Å². The highest BCUT2D eigenvalue weighted by Gasteiger charge is 2.46. The van der Waals surface area contributed by atoms with Crippen LogP contribution in [0.3, 0.4) is 0 Å². The molecule has 1 aromatic rings. The standard InChI is InChI=1S/C10H13F2N3O2/c1-6-7(2)14(13-9(6)15(16)17)5-8-3-10(11,12)4-8/h8H,3-5H2,1-2H3. The number of halogens is 2. The third-order valence-electron chi connectivity index (χ3n) is 3.26. The first-order chi connectivity index (χ1) is 7.80. The molecule has 0 saturated heterocycles. The van der Waals surface area contributed by atoms with Gasteiger partial charge in [0.2, 0.25) is 5.92 Å². The minimum Gasteiger partial charge on any atom is -0.358 e. The maximum atomic E-state index is 12.7. The van der Waals surface area contributed by atoms with E-state index in [2.05, 4.69) is 5.10 Å². The van der Waals surface area contributed by atoms with Crippen LogP contribution in [0.5, 0.6) is 0 Å². The van der Waals surface area contributed by atoms with E-state index in [-0.39, 0.29) is 24.6 Å². The summed E-state index contributed by atoms with van der Waals surface area (Å²) in [5, 5.41) is 14.5. The Morgan fingerprint density at radius 2 is 2.12 bits per heavy atom. The monoisotopic (exact) mass is 245 g/mol. The molecule has 94 valence electrons. The molecule has 0 aromatic carbocycles. The molecule has 5 nitrogen and oxygen atoms in total. The summed E-state index contributed by atoms with van der Waals surface area (Å²) in [7, 11) is 0. The maximum absolute atomic E-state index is 12.7. The van der Waals surface area contributed by atoms with Crippen LogP contribution in [0.1, 0.15) is 24.1 Å². The summed E-state index contributed by atoms with van der Waals surface area (Å²) in [5.41, 5.74) is 1.17. The van der Waals surface area contributed by atoms with E-state index >= 15 is 0 Å². The summed E-state index contributed by atoms with van der Waals surface area (Å²) >= 11 is 0. The summed E-state index contributed by atoms with van der Waals surface area (Å²) in [6, 6.07) is 0. The molecule has 2 rings (SSSR count). The molecule has 1 aromatic heterocycles. The number of alkyl halides is 2. The van der Waals surface area contributed by atoms with Gasteiger partial charge in [-0.25, -0.2) is 8.78 Å². The summed E-state index contributed by atoms with van der Waals surface area (Å²) in [6.45, 7) is 3.66. The van der Waals surface area contributed by atoms with Crippen LogP contribution in [0, 0.1) is 29.9 Å². The zero-order valence-corrected chi connectivity index (χ0v) is 9.61. The molecule has 0 radical (unpaired) electrons. The van der Waals surface area contributed by atoms with Crippen molar-refractivity contribution in [1.29, 1.82) is 0 Å². The van der Waals surface area contributed by atoms with Crippen molar-refractivity contribution in [1.82, 2.24) is 9.78 Å². The van der Waals surface area contributed by atoms with Crippen LogP contribution in [0.15, 0.2) is 0 Å². The van der Waals surface area contributed by atoms with Crippen molar-refractivity contribution >= 4 is 5.82 Å². The molecule has 0 spiro atoms. The number of aromatic nitrogens is 2. The van der Waals surface area contributed by atoms with Crippen molar-refractivity contribution < 1.29 is 13.7 Å². The van der Waals surface area contributed by atoms with Gasteiger partial charge in [0, 0.05) is 12.8 Å². The fraction of sp³-hybridized carbons (Fsp3) is 0.700. The molecule has 0 aliphatic heterocycles. The van der Waals surface area contributed by atoms with Gasteiger partial charge in [0.05, 0.1) is 22.9 Å². The van der Waals surface area contributed by atoms with Crippen molar-refractivity contribution in [2.75, 3.05) is 0 Å². The van der Waals surface area contributed by atoms with Gasteiger partial charge in [-0.05, 0) is 24.7 Å². The average Bonchev–Trinajstić information content (AvgIpc) is 2.43. The van der Waals surface area contributed by atoms with Gasteiger partial charge in [0.1, 0.15) is 0 Å². The second kappa shape index (κ2) is 3.75. The van der Waals surface area contributed by atoms with Crippen LogP contribution in [0.2, 0.25) is 0 Å². The molecule has 1 aliphatic rings. The Hall–Kier alpha value is -1.53. The summed E-state index contributed by atoms with van der Waals surface area (Å²) < 4.78 is 26.8. The first-order valence-electron chi connectivity index (χ1n) is 5.36. The van der Waals surface area contributed by atoms with Crippen LogP contribution in [0.4, 0.5) is 14.6 Å². The normalized spacial score (nSPS) is 19.1. The SMILES string of the molecule is Cc1c([N+](=O)[O-])nn(CC2CC(F)(F)C2)c1C. The lowest BCUT2D eigenvalue weighted by Gasteiger charge is -2.34. The van der Waals surface area contributed by atoms with Gasteiger partial charge in [0.25, 0.3) is 0 Å². The van der Waals surface area contributed by atoms with E-state index < -0.39 is 10.8 Å². The Bertz CT molecular complexity index is 462. The van der Waals surface area contributed by atoms with E-state index in [0.717, 1.165) is 0 Å². The molecule has 1 fully saturated rings. The third kappa shape index (κ3) is 2.13. The second-order valence-corrected chi connectivity index (χ2v) is 4.60. The van der Waals surface area contributed by atoms with Crippen molar-refractivity contribution in [3.63, 3.8) is 0 Å². The zero-order chi connectivity index (χ0) is 12.8. The molecule has 1 saturated carbocycles. The van der Waals surface area contributed by atoms with Crippen LogP contribution < -0.4 is 0 Å². The highest BCUT2D eigenvalue weighted by Crippen LogP contribution is 2.43. The molecule has 1 heterocycles. The van der Waals surface area contributed by atoms with E-state index in [0.29, 0.717) is 17.8 Å². The first-order valence-corrected chi connectivity index (χ1v) is 5.36. The number of hydrogen-bond acceptors (Lipinski definition) is 3. The molecule has 0 bridgehead atoms. The average molecular weight is 245 g/mol. The minimum atomic E-state index is -2.56. The Morgan fingerprint density at radius 1 is 1.53 bits per heavy atom. The van der Waals surface area contributed by atoms with E-state index in [1.165, 1.54) is 4.68 Å². The molecule has 0 unspecified atom stereocenters. The topological polar surface area (TPSA) is 61.0 Å². The van der Waals surface area contributed by atoms with Gasteiger partial charge in [-0.15, -0.1) is 0 Å². The van der Waals surface area contributed by atoms with Gasteiger partial charge in [0.15, 0.2) is 0 Å². The number of hydrogen-bond donors (Lipinski definition) is 0. The summed E-state index contributed by atoms with van der Waals surface area (Å²) in [5.74, 6) is -2.89. The molecule has 0 N–H and O–H groups in total. The van der Waals surface area contributed by atoms with Crippen LogP contribution >= 0.6 is 0 Å². The Kier molecular flexibility index (Phi) is 2.63. The lowest BCUT2D eigenvalue weighted by molar-refractivity contribution is -0.390. The molecular formula is C10H13F2N3O2. The van der Waals surface area contributed by atoms with Crippen LogP contribution in [0.25, 0.3) is 0 Å². The number of rotatable bonds is 3. The quantitative estimate of drug-likeness (QED) is 0.607. The van der Waals surface area contributed by atoms with Crippen molar-refractivity contribution in [2.45, 2.75) is 39.2 Å². The van der Waals surface area contributed by atoms with E-state index in [9.17, 15) is 18.9 Å². The second-order valence-electron chi connectivity index (χ2n) is 4.60.